The van der Waals surface area contributed by atoms with E-state index in [2.05, 4.69) is 18.2 Å². The maximum absolute atomic E-state index is 12.7. The Morgan fingerprint density at radius 3 is 2.83 bits per heavy atom. The summed E-state index contributed by atoms with van der Waals surface area (Å²) in [5.74, 6) is 0.268. The zero-order chi connectivity index (χ0) is 16.9. The molecule has 1 aromatic rings. The van der Waals surface area contributed by atoms with Crippen molar-refractivity contribution >= 4 is 17.3 Å². The quantitative estimate of drug-likeness (QED) is 0.785. The van der Waals surface area contributed by atoms with E-state index < -0.39 is 5.41 Å². The molecule has 124 valence electrons. The molecule has 3 atom stereocenters. The summed E-state index contributed by atoms with van der Waals surface area (Å²) in [6.45, 7) is 0. The van der Waals surface area contributed by atoms with Crippen molar-refractivity contribution in [1.82, 2.24) is 0 Å². The summed E-state index contributed by atoms with van der Waals surface area (Å²) >= 11 is 0. The molecule has 1 aromatic carbocycles. The predicted octanol–water partition coefficient (Wildman–Crippen LogP) is 2.96. The molecule has 0 aliphatic heterocycles. The third-order valence-corrected chi connectivity index (χ3v) is 5.83. The highest BCUT2D eigenvalue weighted by Gasteiger charge is 2.58. The van der Waals surface area contributed by atoms with Crippen molar-refractivity contribution < 1.29 is 19.1 Å². The standard InChI is InChI=1S/C20H20O4/c1-23-13-4-5-14-12(11-13)3-7-16-15(14)6-8-17-18(21)9-10-20(16,17)19(22)24-2/h4-6,9-11,16-17H,3,7-8H2,1-2H3/t16?,17-,20+/m1/s1. The Morgan fingerprint density at radius 2 is 2.08 bits per heavy atom. The van der Waals surface area contributed by atoms with Crippen LogP contribution in [0.4, 0.5) is 0 Å². The van der Waals surface area contributed by atoms with E-state index >= 15 is 0 Å². The van der Waals surface area contributed by atoms with Crippen LogP contribution in [0.2, 0.25) is 0 Å². The van der Waals surface area contributed by atoms with Crippen LogP contribution in [0.1, 0.15) is 24.0 Å². The highest BCUT2D eigenvalue weighted by Crippen LogP contribution is 2.57. The van der Waals surface area contributed by atoms with Crippen LogP contribution >= 0.6 is 0 Å². The van der Waals surface area contributed by atoms with Crippen molar-refractivity contribution in [2.75, 3.05) is 14.2 Å². The molecule has 0 bridgehead atoms. The first-order valence-electron chi connectivity index (χ1n) is 8.30. The van der Waals surface area contributed by atoms with Gasteiger partial charge in [0.1, 0.15) is 11.2 Å². The minimum atomic E-state index is -0.840. The molecule has 0 spiro atoms. The molecule has 0 fully saturated rings. The number of esters is 1. The van der Waals surface area contributed by atoms with Crippen molar-refractivity contribution in [2.24, 2.45) is 17.3 Å². The number of fused-ring (bicyclic) bond motifs is 5. The highest BCUT2D eigenvalue weighted by atomic mass is 16.5. The molecule has 3 aliphatic carbocycles. The number of allylic oxidation sites excluding steroid dienone is 3. The Hall–Kier alpha value is -2.36. The number of hydrogen-bond acceptors (Lipinski definition) is 4. The van der Waals surface area contributed by atoms with Gasteiger partial charge in [-0.2, -0.15) is 0 Å². The van der Waals surface area contributed by atoms with Crippen molar-refractivity contribution in [3.8, 4) is 5.75 Å². The summed E-state index contributed by atoms with van der Waals surface area (Å²) in [6.07, 6.45) is 7.79. The number of ketones is 1. The van der Waals surface area contributed by atoms with Crippen LogP contribution in [0.25, 0.3) is 5.57 Å². The third-order valence-electron chi connectivity index (χ3n) is 5.83. The van der Waals surface area contributed by atoms with Crippen LogP contribution in [0.5, 0.6) is 5.75 Å². The van der Waals surface area contributed by atoms with E-state index in [1.54, 1.807) is 19.3 Å². The second-order valence-electron chi connectivity index (χ2n) is 6.72. The van der Waals surface area contributed by atoms with Gasteiger partial charge >= 0.3 is 5.97 Å². The molecule has 4 rings (SSSR count). The second-order valence-corrected chi connectivity index (χ2v) is 6.72. The van der Waals surface area contributed by atoms with Gasteiger partial charge in [-0.3, -0.25) is 9.59 Å². The lowest BCUT2D eigenvalue weighted by Gasteiger charge is -2.45. The highest BCUT2D eigenvalue weighted by molar-refractivity contribution is 6.03. The minimum absolute atomic E-state index is 0.00713. The number of hydrogen-bond donors (Lipinski definition) is 0. The fourth-order valence-corrected chi connectivity index (χ4v) is 4.71. The zero-order valence-corrected chi connectivity index (χ0v) is 13.9. The van der Waals surface area contributed by atoms with Gasteiger partial charge in [0, 0.05) is 11.8 Å². The fourth-order valence-electron chi connectivity index (χ4n) is 4.71. The number of methoxy groups -OCH3 is 2. The number of ether oxygens (including phenoxy) is 2. The molecule has 0 saturated carbocycles. The van der Waals surface area contributed by atoms with Crippen LogP contribution in [-0.2, 0) is 20.7 Å². The molecule has 0 amide bonds. The first kappa shape index (κ1) is 15.2. The van der Waals surface area contributed by atoms with Gasteiger partial charge in [0.25, 0.3) is 0 Å². The van der Waals surface area contributed by atoms with Crippen LogP contribution in [0, 0.1) is 17.3 Å². The maximum Gasteiger partial charge on any atom is 0.317 e. The van der Waals surface area contributed by atoms with E-state index in [0.29, 0.717) is 6.42 Å². The molecule has 0 aromatic heterocycles. The largest absolute Gasteiger partial charge is 0.497 e. The number of carbonyl (C=O) groups is 2. The topological polar surface area (TPSA) is 52.6 Å². The van der Waals surface area contributed by atoms with Crippen molar-refractivity contribution in [3.05, 3.63) is 47.6 Å². The zero-order valence-electron chi connectivity index (χ0n) is 13.9. The van der Waals surface area contributed by atoms with E-state index in [1.165, 1.54) is 23.8 Å². The van der Waals surface area contributed by atoms with E-state index in [0.717, 1.165) is 18.6 Å². The lowest BCUT2D eigenvalue weighted by atomic mass is 9.57. The first-order chi connectivity index (χ1) is 11.6. The Balaban J connectivity index is 1.84. The van der Waals surface area contributed by atoms with E-state index in [-0.39, 0.29) is 23.6 Å². The summed E-state index contributed by atoms with van der Waals surface area (Å²) in [5.41, 5.74) is 2.73. The summed E-state index contributed by atoms with van der Waals surface area (Å²) < 4.78 is 10.5. The Kier molecular flexibility index (Phi) is 3.37. The van der Waals surface area contributed by atoms with Gasteiger partial charge in [0.15, 0.2) is 5.78 Å². The molecule has 1 unspecified atom stereocenters. The monoisotopic (exact) mass is 324 g/mol. The van der Waals surface area contributed by atoms with E-state index in [9.17, 15) is 9.59 Å². The van der Waals surface area contributed by atoms with Crippen molar-refractivity contribution in [3.63, 3.8) is 0 Å². The van der Waals surface area contributed by atoms with Crippen LogP contribution in [-0.4, -0.2) is 26.0 Å². The van der Waals surface area contributed by atoms with Gasteiger partial charge in [-0.05, 0) is 54.2 Å². The number of benzene rings is 1. The third kappa shape index (κ3) is 1.86. The summed E-state index contributed by atoms with van der Waals surface area (Å²) in [7, 11) is 3.07. The molecule has 4 nitrogen and oxygen atoms in total. The number of aryl methyl sites for hydroxylation is 1. The maximum atomic E-state index is 12.7. The lowest BCUT2D eigenvalue weighted by Crippen LogP contribution is -2.47. The first-order valence-corrected chi connectivity index (χ1v) is 8.30. The Morgan fingerprint density at radius 1 is 1.25 bits per heavy atom. The van der Waals surface area contributed by atoms with Crippen LogP contribution < -0.4 is 4.74 Å². The minimum Gasteiger partial charge on any atom is -0.497 e. The Labute approximate surface area is 141 Å². The lowest BCUT2D eigenvalue weighted by molar-refractivity contribution is -0.157. The smallest absolute Gasteiger partial charge is 0.317 e. The number of carbonyl (C=O) groups excluding carboxylic acids is 2. The molecule has 3 aliphatic rings. The molecule has 24 heavy (non-hydrogen) atoms. The van der Waals surface area contributed by atoms with Crippen molar-refractivity contribution in [1.29, 1.82) is 0 Å². The predicted molar refractivity (Wildman–Crippen MR) is 89.5 cm³/mol. The van der Waals surface area contributed by atoms with E-state index in [4.69, 9.17) is 9.47 Å². The van der Waals surface area contributed by atoms with Crippen molar-refractivity contribution in [2.45, 2.75) is 19.3 Å². The second kappa shape index (κ2) is 5.33. The number of rotatable bonds is 2. The van der Waals surface area contributed by atoms with Crippen LogP contribution in [0.3, 0.4) is 0 Å². The Bertz CT molecular complexity index is 789. The molecule has 0 heterocycles. The normalized spacial score (nSPS) is 30.1. The van der Waals surface area contributed by atoms with Gasteiger partial charge < -0.3 is 9.47 Å². The van der Waals surface area contributed by atoms with E-state index in [1.807, 2.05) is 6.07 Å². The molecule has 0 radical (unpaired) electrons. The molecular weight excluding hydrogens is 304 g/mol. The molecule has 0 saturated heterocycles. The van der Waals surface area contributed by atoms with Gasteiger partial charge in [0.2, 0.25) is 0 Å². The average Bonchev–Trinajstić information content (AvgIpc) is 2.98. The summed E-state index contributed by atoms with van der Waals surface area (Å²) in [4.78, 5) is 25.0. The van der Waals surface area contributed by atoms with Gasteiger partial charge in [-0.15, -0.1) is 0 Å². The average molecular weight is 324 g/mol. The summed E-state index contributed by atoms with van der Waals surface area (Å²) in [5, 5.41) is 0. The molecular formula is C20H20O4. The van der Waals surface area contributed by atoms with Gasteiger partial charge in [-0.25, -0.2) is 0 Å². The summed E-state index contributed by atoms with van der Waals surface area (Å²) in [6, 6.07) is 6.09. The fraction of sp³-hybridized carbons (Fsp3) is 0.400. The SMILES string of the molecule is COC(=O)[C@]12C=CC(=O)[C@H]1CC=C1c3ccc(OC)cc3CCC12. The molecule has 0 N–H and O–H groups in total. The van der Waals surface area contributed by atoms with Gasteiger partial charge in [-0.1, -0.05) is 18.2 Å². The molecule has 4 heteroatoms. The van der Waals surface area contributed by atoms with Crippen LogP contribution in [0.15, 0.2) is 36.4 Å². The van der Waals surface area contributed by atoms with Gasteiger partial charge in [0.05, 0.1) is 14.2 Å².